The van der Waals surface area contributed by atoms with Crippen molar-refractivity contribution in [2.75, 3.05) is 5.75 Å². The Morgan fingerprint density at radius 3 is 3.00 bits per heavy atom. The number of thioether (sulfide) groups is 1. The number of aromatic nitrogens is 1. The molecular formula is C17H20N2O2S. The van der Waals surface area contributed by atoms with Crippen molar-refractivity contribution in [2.24, 2.45) is 0 Å². The topological polar surface area (TPSA) is 62.0 Å². The average Bonchev–Trinajstić information content (AvgIpc) is 2.95. The first-order chi connectivity index (χ1) is 10.7. The van der Waals surface area contributed by atoms with Gasteiger partial charge in [0.2, 0.25) is 0 Å². The van der Waals surface area contributed by atoms with Crippen LogP contribution in [0.25, 0.3) is 10.8 Å². The number of hydrogen-bond donors (Lipinski definition) is 2. The number of carbonyl (C=O) groups is 1. The van der Waals surface area contributed by atoms with Crippen LogP contribution in [0.5, 0.6) is 0 Å². The van der Waals surface area contributed by atoms with Gasteiger partial charge in [0.05, 0.1) is 0 Å². The molecule has 0 saturated heterocycles. The molecule has 0 aliphatic heterocycles. The largest absolute Gasteiger partial charge is 0.347 e. The lowest BCUT2D eigenvalue weighted by Crippen LogP contribution is -2.39. The summed E-state index contributed by atoms with van der Waals surface area (Å²) in [6, 6.07) is 9.26. The number of benzene rings is 1. The highest BCUT2D eigenvalue weighted by Crippen LogP contribution is 2.30. The molecule has 1 aliphatic carbocycles. The van der Waals surface area contributed by atoms with E-state index in [1.54, 1.807) is 12.1 Å². The monoisotopic (exact) mass is 316 g/mol. The minimum absolute atomic E-state index is 0.184. The van der Waals surface area contributed by atoms with Crippen LogP contribution in [-0.4, -0.2) is 27.9 Å². The molecule has 1 heterocycles. The highest BCUT2D eigenvalue weighted by atomic mass is 32.2. The Balaban J connectivity index is 1.82. The summed E-state index contributed by atoms with van der Waals surface area (Å²) >= 11 is 1.90. The van der Waals surface area contributed by atoms with Crippen molar-refractivity contribution in [3.05, 3.63) is 46.4 Å². The smallest absolute Gasteiger partial charge is 0.268 e. The van der Waals surface area contributed by atoms with Crippen LogP contribution in [-0.2, 0) is 0 Å². The van der Waals surface area contributed by atoms with Gasteiger partial charge in [-0.2, -0.15) is 11.8 Å². The number of carbonyl (C=O) groups excluding carboxylic acids is 1. The van der Waals surface area contributed by atoms with Gasteiger partial charge in [0.15, 0.2) is 0 Å². The number of aromatic amines is 1. The Hall–Kier alpha value is -1.75. The fourth-order valence-electron chi connectivity index (χ4n) is 3.08. The normalized spacial score (nSPS) is 21.1. The summed E-state index contributed by atoms with van der Waals surface area (Å²) in [5, 5.41) is 4.98. The van der Waals surface area contributed by atoms with E-state index in [9.17, 15) is 9.59 Å². The molecule has 2 atom stereocenters. The zero-order valence-electron chi connectivity index (χ0n) is 12.6. The van der Waals surface area contributed by atoms with E-state index in [1.165, 1.54) is 0 Å². The summed E-state index contributed by atoms with van der Waals surface area (Å²) in [5.74, 6) is 0.876. The van der Waals surface area contributed by atoms with E-state index in [2.05, 4.69) is 17.2 Å². The number of hydrogen-bond acceptors (Lipinski definition) is 3. The summed E-state index contributed by atoms with van der Waals surface area (Å²) in [7, 11) is 0. The summed E-state index contributed by atoms with van der Waals surface area (Å²) in [5.41, 5.74) is 0.130. The second-order valence-corrected chi connectivity index (χ2v) is 7.12. The van der Waals surface area contributed by atoms with E-state index in [0.717, 1.165) is 30.4 Å². The number of fused-ring (bicyclic) bond motifs is 1. The number of pyridine rings is 1. The summed E-state index contributed by atoms with van der Waals surface area (Å²) in [4.78, 5) is 27.2. The van der Waals surface area contributed by atoms with Crippen molar-refractivity contribution in [1.29, 1.82) is 0 Å². The molecule has 5 heteroatoms. The molecule has 1 amide bonds. The lowest BCUT2D eigenvalue weighted by molar-refractivity contribution is 0.0933. The molecule has 1 aliphatic rings. The lowest BCUT2D eigenvalue weighted by Gasteiger charge is -2.20. The van der Waals surface area contributed by atoms with Crippen molar-refractivity contribution < 1.29 is 4.79 Å². The third kappa shape index (κ3) is 3.04. The second-order valence-electron chi connectivity index (χ2n) is 5.60. The van der Waals surface area contributed by atoms with Crippen molar-refractivity contribution in [2.45, 2.75) is 37.5 Å². The maximum atomic E-state index is 12.5. The van der Waals surface area contributed by atoms with Gasteiger partial charge in [-0.3, -0.25) is 9.59 Å². The quantitative estimate of drug-likeness (QED) is 0.911. The van der Waals surface area contributed by atoms with Crippen LogP contribution in [0.15, 0.2) is 35.1 Å². The molecule has 0 spiro atoms. The fraction of sp³-hybridized carbons (Fsp3) is 0.412. The molecule has 116 valence electrons. The molecule has 2 N–H and O–H groups in total. The Labute approximate surface area is 133 Å². The molecule has 1 aromatic heterocycles. The van der Waals surface area contributed by atoms with Crippen molar-refractivity contribution in [3.63, 3.8) is 0 Å². The standard InChI is InChI=1S/C17H20N2O2S/c1-2-22-15-9-5-8-13(15)18-17(21)14-10-11-6-3-4-7-12(11)16(20)19-14/h3-4,6-7,10,13,15H,2,5,8-9H2,1H3,(H,18,21)(H,19,20)/t13-,15-/m1/s1. The van der Waals surface area contributed by atoms with Crippen LogP contribution in [0.2, 0.25) is 0 Å². The minimum Gasteiger partial charge on any atom is -0.347 e. The van der Waals surface area contributed by atoms with E-state index in [4.69, 9.17) is 0 Å². The number of nitrogens with one attached hydrogen (secondary N) is 2. The van der Waals surface area contributed by atoms with Crippen LogP contribution in [0.4, 0.5) is 0 Å². The maximum Gasteiger partial charge on any atom is 0.268 e. The van der Waals surface area contributed by atoms with Gasteiger partial charge in [0.25, 0.3) is 11.5 Å². The zero-order chi connectivity index (χ0) is 15.5. The highest BCUT2D eigenvalue weighted by Gasteiger charge is 2.28. The molecule has 3 rings (SSSR count). The lowest BCUT2D eigenvalue weighted by atomic mass is 10.1. The molecule has 2 aromatic rings. The van der Waals surface area contributed by atoms with Crippen LogP contribution >= 0.6 is 11.8 Å². The van der Waals surface area contributed by atoms with Gasteiger partial charge in [-0.1, -0.05) is 31.5 Å². The molecule has 1 fully saturated rings. The predicted molar refractivity (Wildman–Crippen MR) is 91.6 cm³/mol. The van der Waals surface area contributed by atoms with Crippen LogP contribution in [0.1, 0.15) is 36.7 Å². The summed E-state index contributed by atoms with van der Waals surface area (Å²) in [6.45, 7) is 2.14. The van der Waals surface area contributed by atoms with Gasteiger partial charge in [0.1, 0.15) is 5.69 Å². The van der Waals surface area contributed by atoms with Gasteiger partial charge in [-0.15, -0.1) is 0 Å². The zero-order valence-corrected chi connectivity index (χ0v) is 13.4. The number of H-pyrrole nitrogens is 1. The summed E-state index contributed by atoms with van der Waals surface area (Å²) in [6.07, 6.45) is 3.32. The molecular weight excluding hydrogens is 296 g/mol. The Kier molecular flexibility index (Phi) is 4.52. The van der Waals surface area contributed by atoms with Crippen LogP contribution < -0.4 is 10.9 Å². The fourth-order valence-corrected chi connectivity index (χ4v) is 4.28. The third-order valence-corrected chi connectivity index (χ3v) is 5.47. The van der Waals surface area contributed by atoms with Gasteiger partial charge in [-0.05, 0) is 36.1 Å². The van der Waals surface area contributed by atoms with Crippen molar-refractivity contribution in [1.82, 2.24) is 10.3 Å². The first-order valence-corrected chi connectivity index (χ1v) is 8.78. The Morgan fingerprint density at radius 2 is 2.18 bits per heavy atom. The molecule has 0 unspecified atom stereocenters. The van der Waals surface area contributed by atoms with Gasteiger partial charge >= 0.3 is 0 Å². The Morgan fingerprint density at radius 1 is 1.36 bits per heavy atom. The van der Waals surface area contributed by atoms with Crippen LogP contribution in [0.3, 0.4) is 0 Å². The molecule has 22 heavy (non-hydrogen) atoms. The van der Waals surface area contributed by atoms with Crippen molar-refractivity contribution >= 4 is 28.4 Å². The van der Waals surface area contributed by atoms with Gasteiger partial charge in [0, 0.05) is 16.7 Å². The van der Waals surface area contributed by atoms with E-state index in [0.29, 0.717) is 16.3 Å². The molecule has 0 radical (unpaired) electrons. The third-order valence-electron chi connectivity index (χ3n) is 4.15. The number of rotatable bonds is 4. The van der Waals surface area contributed by atoms with Gasteiger partial charge < -0.3 is 10.3 Å². The maximum absolute atomic E-state index is 12.5. The summed E-state index contributed by atoms with van der Waals surface area (Å²) < 4.78 is 0. The molecule has 1 aromatic carbocycles. The van der Waals surface area contributed by atoms with E-state index >= 15 is 0 Å². The molecule has 0 bridgehead atoms. The Bertz CT molecular complexity index is 741. The van der Waals surface area contributed by atoms with Gasteiger partial charge in [-0.25, -0.2) is 0 Å². The van der Waals surface area contributed by atoms with E-state index in [-0.39, 0.29) is 17.5 Å². The minimum atomic E-state index is -0.214. The first kappa shape index (κ1) is 15.2. The first-order valence-electron chi connectivity index (χ1n) is 7.73. The molecule has 1 saturated carbocycles. The molecule has 4 nitrogen and oxygen atoms in total. The average molecular weight is 316 g/mol. The second kappa shape index (κ2) is 6.57. The SMILES string of the molecule is CCS[C@@H]1CCC[C@H]1NC(=O)c1cc2ccccc2c(=O)[nH]1. The predicted octanol–water partition coefficient (Wildman–Crippen LogP) is 2.93. The van der Waals surface area contributed by atoms with E-state index < -0.39 is 0 Å². The van der Waals surface area contributed by atoms with Crippen LogP contribution in [0, 0.1) is 0 Å². The van der Waals surface area contributed by atoms with E-state index in [1.807, 2.05) is 30.0 Å². The number of amides is 1. The van der Waals surface area contributed by atoms with Crippen molar-refractivity contribution in [3.8, 4) is 0 Å². The highest BCUT2D eigenvalue weighted by molar-refractivity contribution is 7.99.